The van der Waals surface area contributed by atoms with Gasteiger partial charge in [0.15, 0.2) is 12.6 Å². The number of hydrogen-bond acceptors (Lipinski definition) is 4. The summed E-state index contributed by atoms with van der Waals surface area (Å²) in [5.41, 5.74) is 0. The lowest BCUT2D eigenvalue weighted by Gasteiger charge is -2.10. The molecule has 2 rings (SSSR count). The Balaban J connectivity index is 0.000000211. The molecule has 0 aliphatic heterocycles. The molecule has 2 N–H and O–H groups in total. The van der Waals surface area contributed by atoms with Crippen molar-refractivity contribution in [3.05, 3.63) is 60.7 Å². The lowest BCUT2D eigenvalue weighted by molar-refractivity contribution is -0.0191. The highest BCUT2D eigenvalue weighted by Crippen LogP contribution is 2.10. The summed E-state index contributed by atoms with van der Waals surface area (Å²) in [5.74, 6) is 1.40. The van der Waals surface area contributed by atoms with Crippen LogP contribution in [0.4, 0.5) is 0 Å². The molecular weight excluding hydrogens is 268 g/mol. The molecule has 2 atom stereocenters. The second kappa shape index (κ2) is 9.80. The zero-order valence-corrected chi connectivity index (χ0v) is 12.3. The van der Waals surface area contributed by atoms with Gasteiger partial charge in [-0.3, -0.25) is 0 Å². The maximum atomic E-state index is 9.09. The molecule has 0 amide bonds. The molecule has 0 heterocycles. The van der Waals surface area contributed by atoms with E-state index in [-0.39, 0.29) is 0 Å². The second-order valence-corrected chi connectivity index (χ2v) is 4.32. The van der Waals surface area contributed by atoms with Crippen LogP contribution in [-0.4, -0.2) is 22.8 Å². The number of para-hydroxylation sites is 2. The minimum absolute atomic E-state index is 0.606. The van der Waals surface area contributed by atoms with Gasteiger partial charge >= 0.3 is 0 Å². The van der Waals surface area contributed by atoms with E-state index >= 15 is 0 Å². The second-order valence-electron chi connectivity index (χ2n) is 4.32. The summed E-state index contributed by atoms with van der Waals surface area (Å²) in [6.45, 7) is 3.45. The quantitative estimate of drug-likeness (QED) is 0.830. The first-order valence-electron chi connectivity index (χ1n) is 6.91. The number of hydrogen-bond donors (Lipinski definition) is 2. The molecule has 0 saturated carbocycles. The Labute approximate surface area is 125 Å². The van der Waals surface area contributed by atoms with Crippen LogP contribution in [0, 0.1) is 0 Å². The van der Waals surface area contributed by atoms with E-state index in [9.17, 15) is 0 Å². The fourth-order valence-electron chi connectivity index (χ4n) is 1.44. The molecule has 0 bridgehead atoms. The van der Waals surface area contributed by atoms with Crippen molar-refractivity contribution < 1.29 is 19.7 Å². The lowest BCUT2D eigenvalue weighted by atomic mass is 10.3. The first kappa shape index (κ1) is 17.0. The first-order valence-corrected chi connectivity index (χ1v) is 6.91. The SMILES string of the molecule is CC(O)Oc1ccccc1.CCC(O)Oc1ccccc1. The van der Waals surface area contributed by atoms with Crippen LogP contribution < -0.4 is 9.47 Å². The lowest BCUT2D eigenvalue weighted by Crippen LogP contribution is -2.13. The Morgan fingerprint density at radius 3 is 1.62 bits per heavy atom. The average molecular weight is 290 g/mol. The van der Waals surface area contributed by atoms with E-state index in [1.54, 1.807) is 19.1 Å². The van der Waals surface area contributed by atoms with Crippen molar-refractivity contribution in [1.29, 1.82) is 0 Å². The summed E-state index contributed by atoms with van der Waals surface area (Å²) in [5, 5.41) is 17.9. The molecule has 2 aromatic rings. The minimum Gasteiger partial charge on any atom is -0.465 e. The molecule has 2 aromatic carbocycles. The number of benzene rings is 2. The largest absolute Gasteiger partial charge is 0.465 e. The van der Waals surface area contributed by atoms with Gasteiger partial charge in [0.1, 0.15) is 11.5 Å². The van der Waals surface area contributed by atoms with Crippen LogP contribution in [0.15, 0.2) is 60.7 Å². The highest BCUT2D eigenvalue weighted by atomic mass is 16.6. The van der Waals surface area contributed by atoms with Crippen LogP contribution >= 0.6 is 0 Å². The van der Waals surface area contributed by atoms with Crippen LogP contribution in [0.5, 0.6) is 11.5 Å². The summed E-state index contributed by atoms with van der Waals surface area (Å²) < 4.78 is 10.1. The van der Waals surface area contributed by atoms with Crippen molar-refractivity contribution in [2.45, 2.75) is 32.8 Å². The molecule has 21 heavy (non-hydrogen) atoms. The van der Waals surface area contributed by atoms with Gasteiger partial charge in [0.25, 0.3) is 0 Å². The molecule has 0 radical (unpaired) electrons. The van der Waals surface area contributed by atoms with Gasteiger partial charge in [0, 0.05) is 6.42 Å². The third-order valence-corrected chi connectivity index (χ3v) is 2.41. The van der Waals surface area contributed by atoms with Crippen LogP contribution in [0.25, 0.3) is 0 Å². The average Bonchev–Trinajstić information content (AvgIpc) is 2.49. The maximum absolute atomic E-state index is 9.09. The number of ether oxygens (including phenoxy) is 2. The smallest absolute Gasteiger partial charge is 0.197 e. The first-order chi connectivity index (χ1) is 10.1. The molecule has 4 nitrogen and oxygen atoms in total. The summed E-state index contributed by atoms with van der Waals surface area (Å²) in [7, 11) is 0. The molecule has 4 heteroatoms. The van der Waals surface area contributed by atoms with Gasteiger partial charge in [-0.15, -0.1) is 0 Å². The van der Waals surface area contributed by atoms with Gasteiger partial charge in [-0.2, -0.15) is 0 Å². The van der Waals surface area contributed by atoms with E-state index < -0.39 is 12.6 Å². The highest BCUT2D eigenvalue weighted by Gasteiger charge is 1.99. The number of aliphatic hydroxyl groups excluding tert-OH is 2. The Morgan fingerprint density at radius 1 is 0.810 bits per heavy atom. The van der Waals surface area contributed by atoms with E-state index in [1.165, 1.54) is 0 Å². The molecule has 0 saturated heterocycles. The monoisotopic (exact) mass is 290 g/mol. The fourth-order valence-corrected chi connectivity index (χ4v) is 1.44. The van der Waals surface area contributed by atoms with Crippen molar-refractivity contribution in [2.24, 2.45) is 0 Å². The van der Waals surface area contributed by atoms with Crippen molar-refractivity contribution >= 4 is 0 Å². The fraction of sp³-hybridized carbons (Fsp3) is 0.294. The predicted octanol–water partition coefficient (Wildman–Crippen LogP) is 3.20. The van der Waals surface area contributed by atoms with Gasteiger partial charge in [-0.25, -0.2) is 0 Å². The molecule has 0 fully saturated rings. The predicted molar refractivity (Wildman–Crippen MR) is 82.1 cm³/mol. The normalized spacial score (nSPS) is 12.6. The minimum atomic E-state index is -0.734. The van der Waals surface area contributed by atoms with Crippen LogP contribution in [0.2, 0.25) is 0 Å². The molecule has 0 aliphatic rings. The van der Waals surface area contributed by atoms with E-state index in [4.69, 9.17) is 19.7 Å². The molecule has 0 aliphatic carbocycles. The topological polar surface area (TPSA) is 58.9 Å². The van der Waals surface area contributed by atoms with Gasteiger partial charge < -0.3 is 19.7 Å². The zero-order chi connectivity index (χ0) is 15.5. The summed E-state index contributed by atoms with van der Waals surface area (Å²) in [4.78, 5) is 0. The molecule has 0 spiro atoms. The maximum Gasteiger partial charge on any atom is 0.197 e. The van der Waals surface area contributed by atoms with Crippen molar-refractivity contribution in [3.8, 4) is 11.5 Å². The molecular formula is C17H22O4. The van der Waals surface area contributed by atoms with Crippen molar-refractivity contribution in [2.75, 3.05) is 0 Å². The van der Waals surface area contributed by atoms with E-state index in [0.717, 1.165) is 0 Å². The Bertz CT molecular complexity index is 471. The van der Waals surface area contributed by atoms with E-state index in [2.05, 4.69) is 0 Å². The van der Waals surface area contributed by atoms with Gasteiger partial charge in [-0.05, 0) is 31.2 Å². The molecule has 0 aromatic heterocycles. The van der Waals surface area contributed by atoms with Crippen molar-refractivity contribution in [3.63, 3.8) is 0 Å². The summed E-state index contributed by atoms with van der Waals surface area (Å²) in [6, 6.07) is 18.5. The third kappa shape index (κ3) is 7.97. The number of rotatable bonds is 5. The Hall–Kier alpha value is -2.04. The summed E-state index contributed by atoms with van der Waals surface area (Å²) in [6.07, 6.45) is -0.811. The van der Waals surface area contributed by atoms with Crippen molar-refractivity contribution in [1.82, 2.24) is 0 Å². The van der Waals surface area contributed by atoms with Gasteiger partial charge in [0.05, 0.1) is 0 Å². The van der Waals surface area contributed by atoms with E-state index in [1.807, 2.05) is 55.5 Å². The number of aliphatic hydroxyl groups is 2. The molecule has 114 valence electrons. The van der Waals surface area contributed by atoms with Gasteiger partial charge in [0.2, 0.25) is 0 Å². The Morgan fingerprint density at radius 2 is 1.24 bits per heavy atom. The van der Waals surface area contributed by atoms with Gasteiger partial charge in [-0.1, -0.05) is 43.3 Å². The van der Waals surface area contributed by atoms with Crippen LogP contribution in [0.3, 0.4) is 0 Å². The standard InChI is InChI=1S/C9H12O2.C8H10O2/c1-2-9(10)11-8-6-4-3-5-7-8;1-7(9)10-8-5-3-2-4-6-8/h3-7,9-10H,2H2,1H3;2-7,9H,1H3. The highest BCUT2D eigenvalue weighted by molar-refractivity contribution is 5.21. The zero-order valence-electron chi connectivity index (χ0n) is 12.3. The third-order valence-electron chi connectivity index (χ3n) is 2.41. The van der Waals surface area contributed by atoms with Crippen LogP contribution in [0.1, 0.15) is 20.3 Å². The summed E-state index contributed by atoms with van der Waals surface area (Å²) >= 11 is 0. The molecule has 2 unspecified atom stereocenters. The Kier molecular flexibility index (Phi) is 7.94. The van der Waals surface area contributed by atoms with Crippen LogP contribution in [-0.2, 0) is 0 Å². The van der Waals surface area contributed by atoms with E-state index in [0.29, 0.717) is 17.9 Å².